The van der Waals surface area contributed by atoms with Gasteiger partial charge in [0.2, 0.25) is 0 Å². The molecular weight excluding hydrogens is 220 g/mol. The van der Waals surface area contributed by atoms with E-state index in [9.17, 15) is 0 Å². The summed E-state index contributed by atoms with van der Waals surface area (Å²) in [5, 5.41) is 3.58. The minimum Gasteiger partial charge on any atom is -0.316 e. The van der Waals surface area contributed by atoms with Crippen molar-refractivity contribution in [3.63, 3.8) is 0 Å². The van der Waals surface area contributed by atoms with Gasteiger partial charge < -0.3 is 10.2 Å². The molecule has 0 aromatic carbocycles. The zero-order chi connectivity index (χ0) is 13.6. The zero-order valence-electron chi connectivity index (χ0n) is 13.3. The molecule has 2 heteroatoms. The third-order valence-electron chi connectivity index (χ3n) is 4.75. The van der Waals surface area contributed by atoms with Crippen molar-refractivity contribution >= 4 is 0 Å². The topological polar surface area (TPSA) is 15.3 Å². The lowest BCUT2D eigenvalue weighted by molar-refractivity contribution is 0.0759. The molecule has 0 spiro atoms. The lowest BCUT2D eigenvalue weighted by Crippen LogP contribution is -2.48. The van der Waals surface area contributed by atoms with Crippen molar-refractivity contribution in [3.8, 4) is 0 Å². The molecular formula is C16H34N2. The summed E-state index contributed by atoms with van der Waals surface area (Å²) in [4.78, 5) is 2.73. The number of rotatable bonds is 7. The average molecular weight is 254 g/mol. The van der Waals surface area contributed by atoms with Gasteiger partial charge >= 0.3 is 0 Å². The number of likely N-dealkylation sites (tertiary alicyclic amines) is 1. The Morgan fingerprint density at radius 1 is 1.06 bits per heavy atom. The molecule has 0 radical (unpaired) electrons. The van der Waals surface area contributed by atoms with E-state index in [0.717, 1.165) is 18.4 Å². The van der Waals surface area contributed by atoms with E-state index in [1.807, 2.05) is 0 Å². The van der Waals surface area contributed by atoms with E-state index >= 15 is 0 Å². The summed E-state index contributed by atoms with van der Waals surface area (Å²) in [5.41, 5.74) is 0.479. The first kappa shape index (κ1) is 16.0. The van der Waals surface area contributed by atoms with Crippen LogP contribution in [0, 0.1) is 17.3 Å². The summed E-state index contributed by atoms with van der Waals surface area (Å²) in [6.45, 7) is 17.9. The van der Waals surface area contributed by atoms with Gasteiger partial charge in [0.05, 0.1) is 0 Å². The van der Waals surface area contributed by atoms with Crippen molar-refractivity contribution in [1.29, 1.82) is 0 Å². The van der Waals surface area contributed by atoms with Gasteiger partial charge in [0.1, 0.15) is 0 Å². The quantitative estimate of drug-likeness (QED) is 0.749. The van der Waals surface area contributed by atoms with Crippen LogP contribution in [0.25, 0.3) is 0 Å². The van der Waals surface area contributed by atoms with Crippen molar-refractivity contribution < 1.29 is 0 Å². The SMILES string of the molecule is CCNCC(CC)(CC)CN1CC(C)CC(C)C1. The summed E-state index contributed by atoms with van der Waals surface area (Å²) in [6.07, 6.45) is 3.99. The highest BCUT2D eigenvalue weighted by Gasteiger charge is 2.31. The molecule has 0 bridgehead atoms. The molecule has 2 unspecified atom stereocenters. The van der Waals surface area contributed by atoms with Crippen LogP contribution in [0.15, 0.2) is 0 Å². The largest absolute Gasteiger partial charge is 0.316 e. The van der Waals surface area contributed by atoms with E-state index in [-0.39, 0.29) is 0 Å². The van der Waals surface area contributed by atoms with Crippen LogP contribution in [0.5, 0.6) is 0 Å². The molecule has 1 N–H and O–H groups in total. The maximum absolute atomic E-state index is 3.58. The van der Waals surface area contributed by atoms with Crippen molar-refractivity contribution in [2.45, 2.75) is 53.9 Å². The molecule has 0 aliphatic carbocycles. The normalized spacial score (nSPS) is 26.5. The molecule has 1 aliphatic heterocycles. The van der Waals surface area contributed by atoms with Gasteiger partial charge in [0.25, 0.3) is 0 Å². The van der Waals surface area contributed by atoms with Gasteiger partial charge in [-0.05, 0) is 43.1 Å². The van der Waals surface area contributed by atoms with Crippen LogP contribution in [0.4, 0.5) is 0 Å². The smallest absolute Gasteiger partial charge is 0.00502 e. The number of hydrogen-bond acceptors (Lipinski definition) is 2. The predicted octanol–water partition coefficient (Wildman–Crippen LogP) is 3.38. The van der Waals surface area contributed by atoms with Crippen LogP contribution in [-0.4, -0.2) is 37.6 Å². The Labute approximate surface area is 115 Å². The molecule has 0 aromatic heterocycles. The second-order valence-electron chi connectivity index (χ2n) is 6.63. The van der Waals surface area contributed by atoms with Gasteiger partial charge in [-0.25, -0.2) is 0 Å². The molecule has 0 amide bonds. The van der Waals surface area contributed by atoms with Crippen LogP contribution in [0.1, 0.15) is 53.9 Å². The minimum absolute atomic E-state index is 0.479. The molecule has 1 heterocycles. The number of nitrogens with one attached hydrogen (secondary N) is 1. The third kappa shape index (κ3) is 4.55. The lowest BCUT2D eigenvalue weighted by atomic mass is 9.80. The van der Waals surface area contributed by atoms with Crippen molar-refractivity contribution in [1.82, 2.24) is 10.2 Å². The monoisotopic (exact) mass is 254 g/mol. The highest BCUT2D eigenvalue weighted by molar-refractivity contribution is 4.85. The van der Waals surface area contributed by atoms with Crippen LogP contribution in [0.2, 0.25) is 0 Å². The molecule has 1 aliphatic rings. The molecule has 2 nitrogen and oxygen atoms in total. The number of hydrogen-bond donors (Lipinski definition) is 1. The Hall–Kier alpha value is -0.0800. The van der Waals surface area contributed by atoms with Gasteiger partial charge in [0, 0.05) is 26.2 Å². The molecule has 108 valence electrons. The van der Waals surface area contributed by atoms with E-state index in [1.165, 1.54) is 45.4 Å². The molecule has 0 aromatic rings. The van der Waals surface area contributed by atoms with E-state index in [2.05, 4.69) is 44.8 Å². The average Bonchev–Trinajstić information content (AvgIpc) is 2.33. The van der Waals surface area contributed by atoms with Crippen molar-refractivity contribution in [3.05, 3.63) is 0 Å². The lowest BCUT2D eigenvalue weighted by Gasteiger charge is -2.42. The fraction of sp³-hybridized carbons (Fsp3) is 1.00. The minimum atomic E-state index is 0.479. The second kappa shape index (κ2) is 7.49. The van der Waals surface area contributed by atoms with E-state index in [4.69, 9.17) is 0 Å². The first-order valence-electron chi connectivity index (χ1n) is 7.98. The summed E-state index contributed by atoms with van der Waals surface area (Å²) in [5.74, 6) is 1.75. The Morgan fingerprint density at radius 3 is 2.06 bits per heavy atom. The first-order valence-corrected chi connectivity index (χ1v) is 7.98. The fourth-order valence-corrected chi connectivity index (χ4v) is 3.57. The predicted molar refractivity (Wildman–Crippen MR) is 80.9 cm³/mol. The van der Waals surface area contributed by atoms with E-state index in [1.54, 1.807) is 0 Å². The molecule has 1 fully saturated rings. The number of nitrogens with zero attached hydrogens (tertiary/aromatic N) is 1. The van der Waals surface area contributed by atoms with Gasteiger partial charge in [-0.15, -0.1) is 0 Å². The summed E-state index contributed by atoms with van der Waals surface area (Å²) in [6, 6.07) is 0. The van der Waals surface area contributed by atoms with Gasteiger partial charge in [-0.3, -0.25) is 0 Å². The maximum atomic E-state index is 3.58. The Bertz CT molecular complexity index is 213. The van der Waals surface area contributed by atoms with Gasteiger partial charge in [0.15, 0.2) is 0 Å². The van der Waals surface area contributed by atoms with Crippen LogP contribution >= 0.6 is 0 Å². The highest BCUT2D eigenvalue weighted by Crippen LogP contribution is 2.30. The Kier molecular flexibility index (Phi) is 6.65. The van der Waals surface area contributed by atoms with E-state index < -0.39 is 0 Å². The molecule has 0 saturated carbocycles. The van der Waals surface area contributed by atoms with Crippen LogP contribution in [0.3, 0.4) is 0 Å². The first-order chi connectivity index (χ1) is 8.55. The summed E-state index contributed by atoms with van der Waals surface area (Å²) >= 11 is 0. The van der Waals surface area contributed by atoms with Gasteiger partial charge in [-0.2, -0.15) is 0 Å². The molecule has 1 rings (SSSR count). The van der Waals surface area contributed by atoms with Crippen molar-refractivity contribution in [2.24, 2.45) is 17.3 Å². The van der Waals surface area contributed by atoms with Crippen LogP contribution in [-0.2, 0) is 0 Å². The Balaban J connectivity index is 2.58. The standard InChI is InChI=1S/C16H34N2/c1-6-16(7-2,12-17-8-3)13-18-10-14(4)9-15(5)11-18/h14-15,17H,6-13H2,1-5H3. The fourth-order valence-electron chi connectivity index (χ4n) is 3.57. The number of piperidine rings is 1. The van der Waals surface area contributed by atoms with Gasteiger partial charge in [-0.1, -0.05) is 34.6 Å². The molecule has 18 heavy (non-hydrogen) atoms. The highest BCUT2D eigenvalue weighted by atomic mass is 15.1. The third-order valence-corrected chi connectivity index (χ3v) is 4.75. The second-order valence-corrected chi connectivity index (χ2v) is 6.63. The summed E-state index contributed by atoms with van der Waals surface area (Å²) in [7, 11) is 0. The Morgan fingerprint density at radius 2 is 1.61 bits per heavy atom. The maximum Gasteiger partial charge on any atom is 0.00502 e. The zero-order valence-corrected chi connectivity index (χ0v) is 13.3. The van der Waals surface area contributed by atoms with Crippen LogP contribution < -0.4 is 5.32 Å². The van der Waals surface area contributed by atoms with E-state index in [0.29, 0.717) is 5.41 Å². The molecule has 2 atom stereocenters. The van der Waals surface area contributed by atoms with Crippen molar-refractivity contribution in [2.75, 3.05) is 32.7 Å². The summed E-state index contributed by atoms with van der Waals surface area (Å²) < 4.78 is 0. The molecule has 1 saturated heterocycles.